The number of aliphatic hydroxyl groups excluding tert-OH is 1. The van der Waals surface area contributed by atoms with E-state index >= 15 is 0 Å². The molecule has 0 aliphatic carbocycles. The molecule has 2 aliphatic heterocycles. The molecule has 1 saturated heterocycles. The number of benzene rings is 2. The van der Waals surface area contributed by atoms with Gasteiger partial charge in [0.2, 0.25) is 5.78 Å². The first-order valence-electron chi connectivity index (χ1n) is 10.9. The summed E-state index contributed by atoms with van der Waals surface area (Å²) < 4.78 is 24.7. The molecule has 1 N–H and O–H groups in total. The number of Topliss-reactive ketones (excluding diaryl/α,β-unsaturated/α-hetero) is 1. The van der Waals surface area contributed by atoms with Gasteiger partial charge in [-0.3, -0.25) is 14.5 Å². The zero-order valence-corrected chi connectivity index (χ0v) is 17.9. The predicted molar refractivity (Wildman–Crippen MR) is 118 cm³/mol. The van der Waals surface area contributed by atoms with Gasteiger partial charge in [0.25, 0.3) is 5.91 Å². The summed E-state index contributed by atoms with van der Waals surface area (Å²) in [7, 11) is 0. The number of para-hydroxylation sites is 1. The number of fused-ring (bicyclic) bond motifs is 1. The number of nitrogens with zero attached hydrogens (tertiary/aromatic N) is 2. The van der Waals surface area contributed by atoms with Crippen LogP contribution in [0.1, 0.15) is 22.2 Å². The third-order valence-electron chi connectivity index (χ3n) is 6.14. The van der Waals surface area contributed by atoms with Crippen molar-refractivity contribution in [1.29, 1.82) is 0 Å². The van der Waals surface area contributed by atoms with Gasteiger partial charge >= 0.3 is 0 Å². The molecular formula is C25H23FN2O5. The molecule has 3 aromatic rings. The van der Waals surface area contributed by atoms with Gasteiger partial charge in [-0.2, -0.15) is 0 Å². The number of halogens is 1. The number of hydrogen-bond donors (Lipinski definition) is 1. The summed E-state index contributed by atoms with van der Waals surface area (Å²) in [5.74, 6) is -2.19. The fourth-order valence-electron chi connectivity index (χ4n) is 4.41. The molecule has 7 nitrogen and oxygen atoms in total. The van der Waals surface area contributed by atoms with Crippen LogP contribution in [0.4, 0.5) is 4.39 Å². The lowest BCUT2D eigenvalue weighted by Crippen LogP contribution is -2.43. The van der Waals surface area contributed by atoms with Gasteiger partial charge in [0.05, 0.1) is 24.8 Å². The number of furan rings is 1. The standard InChI is InChI=1S/C25H23FN2O5/c26-18-7-5-16(6-8-18)22-21(23(29)20-15-17-3-1-2-4-19(17)33-20)24(30)25(31)28(22)10-9-27-11-13-32-14-12-27/h1-8,15,22,30H,9-14H2/t22-/m0/s1. The molecule has 3 heterocycles. The highest BCUT2D eigenvalue weighted by Gasteiger charge is 2.44. The molecule has 8 heteroatoms. The van der Waals surface area contributed by atoms with Crippen molar-refractivity contribution in [3.8, 4) is 0 Å². The Hall–Kier alpha value is -3.49. The van der Waals surface area contributed by atoms with Crippen LogP contribution < -0.4 is 0 Å². The predicted octanol–water partition coefficient (Wildman–Crippen LogP) is 3.48. The van der Waals surface area contributed by atoms with E-state index in [1.165, 1.54) is 29.2 Å². The van der Waals surface area contributed by atoms with Crippen molar-refractivity contribution in [2.45, 2.75) is 6.04 Å². The number of aliphatic hydroxyl groups is 1. The van der Waals surface area contributed by atoms with Crippen molar-refractivity contribution in [3.63, 3.8) is 0 Å². The average Bonchev–Trinajstić information content (AvgIpc) is 3.38. The van der Waals surface area contributed by atoms with Crippen LogP contribution >= 0.6 is 0 Å². The molecule has 1 atom stereocenters. The van der Waals surface area contributed by atoms with E-state index in [9.17, 15) is 19.1 Å². The zero-order valence-electron chi connectivity index (χ0n) is 17.9. The zero-order chi connectivity index (χ0) is 22.9. The highest BCUT2D eigenvalue weighted by Crippen LogP contribution is 2.39. The minimum Gasteiger partial charge on any atom is -0.503 e. The maximum absolute atomic E-state index is 13.6. The third kappa shape index (κ3) is 4.03. The van der Waals surface area contributed by atoms with Crippen molar-refractivity contribution >= 4 is 22.7 Å². The summed E-state index contributed by atoms with van der Waals surface area (Å²) in [6.07, 6.45) is 0. The van der Waals surface area contributed by atoms with Crippen molar-refractivity contribution in [2.24, 2.45) is 0 Å². The number of hydrogen-bond acceptors (Lipinski definition) is 6. The van der Waals surface area contributed by atoms with Crippen LogP contribution in [0.5, 0.6) is 0 Å². The Bertz CT molecular complexity index is 1190. The van der Waals surface area contributed by atoms with E-state index < -0.39 is 29.3 Å². The first-order valence-corrected chi connectivity index (χ1v) is 10.9. The molecule has 0 bridgehead atoms. The second kappa shape index (κ2) is 8.80. The molecule has 1 aromatic heterocycles. The average molecular weight is 450 g/mol. The Kier molecular flexibility index (Phi) is 5.70. The summed E-state index contributed by atoms with van der Waals surface area (Å²) in [5.41, 5.74) is 1.01. The maximum atomic E-state index is 13.6. The summed E-state index contributed by atoms with van der Waals surface area (Å²) >= 11 is 0. The molecule has 0 saturated carbocycles. The van der Waals surface area contributed by atoms with E-state index in [1.807, 2.05) is 12.1 Å². The molecule has 0 spiro atoms. The molecule has 0 unspecified atom stereocenters. The van der Waals surface area contributed by atoms with Crippen LogP contribution in [0, 0.1) is 5.82 Å². The van der Waals surface area contributed by atoms with Gasteiger partial charge in [0.15, 0.2) is 11.5 Å². The van der Waals surface area contributed by atoms with Crippen LogP contribution in [0.15, 0.2) is 70.3 Å². The Morgan fingerprint density at radius 1 is 1.06 bits per heavy atom. The van der Waals surface area contributed by atoms with Crippen molar-refractivity contribution in [3.05, 3.63) is 83.1 Å². The van der Waals surface area contributed by atoms with Gasteiger partial charge in [-0.25, -0.2) is 4.39 Å². The lowest BCUT2D eigenvalue weighted by atomic mass is 9.95. The van der Waals surface area contributed by atoms with Crippen LogP contribution in [-0.2, 0) is 9.53 Å². The number of carbonyl (C=O) groups is 2. The van der Waals surface area contributed by atoms with Crippen LogP contribution in [-0.4, -0.2) is 66.0 Å². The molecule has 0 radical (unpaired) electrons. The summed E-state index contributed by atoms with van der Waals surface area (Å²) in [4.78, 5) is 30.2. The van der Waals surface area contributed by atoms with Crippen LogP contribution in [0.25, 0.3) is 11.0 Å². The first-order chi connectivity index (χ1) is 16.0. The van der Waals surface area contributed by atoms with E-state index in [2.05, 4.69) is 4.90 Å². The number of ether oxygens (including phenoxy) is 1. The summed E-state index contributed by atoms with van der Waals surface area (Å²) in [6, 6.07) is 13.5. The molecular weight excluding hydrogens is 427 g/mol. The van der Waals surface area contributed by atoms with Crippen molar-refractivity contribution in [2.75, 3.05) is 39.4 Å². The molecule has 1 fully saturated rings. The number of carbonyl (C=O) groups excluding carboxylic acids is 2. The van der Waals surface area contributed by atoms with Gasteiger partial charge < -0.3 is 19.2 Å². The summed E-state index contributed by atoms with van der Waals surface area (Å²) in [6.45, 7) is 3.58. The van der Waals surface area contributed by atoms with Gasteiger partial charge in [0.1, 0.15) is 11.4 Å². The highest BCUT2D eigenvalue weighted by atomic mass is 19.1. The fraction of sp³-hybridized carbons (Fsp3) is 0.280. The normalized spacial score (nSPS) is 19.6. The first kappa shape index (κ1) is 21.4. The molecule has 2 aromatic carbocycles. The molecule has 5 rings (SSSR count). The second-order valence-corrected chi connectivity index (χ2v) is 8.15. The minimum absolute atomic E-state index is 0.0349. The summed E-state index contributed by atoms with van der Waals surface area (Å²) in [5, 5.41) is 11.5. The Balaban J connectivity index is 1.50. The minimum atomic E-state index is -0.847. The number of amides is 1. The molecule has 2 aliphatic rings. The topological polar surface area (TPSA) is 83.2 Å². The van der Waals surface area contributed by atoms with Gasteiger partial charge in [-0.15, -0.1) is 0 Å². The second-order valence-electron chi connectivity index (χ2n) is 8.15. The maximum Gasteiger partial charge on any atom is 0.290 e. The lowest BCUT2D eigenvalue weighted by molar-refractivity contribution is -0.129. The van der Waals surface area contributed by atoms with Gasteiger partial charge in [0, 0.05) is 31.6 Å². The SMILES string of the molecule is O=C(C1=C(O)C(=O)N(CCN2CCOCC2)[C@H]1c1ccc(F)cc1)c1cc2ccccc2o1. The van der Waals surface area contributed by atoms with E-state index in [1.54, 1.807) is 18.2 Å². The Morgan fingerprint density at radius 3 is 2.52 bits per heavy atom. The monoisotopic (exact) mass is 450 g/mol. The quantitative estimate of drug-likeness (QED) is 0.579. The molecule has 33 heavy (non-hydrogen) atoms. The van der Waals surface area contributed by atoms with E-state index in [4.69, 9.17) is 9.15 Å². The Labute approximate surface area is 189 Å². The number of rotatable bonds is 6. The fourth-order valence-corrected chi connectivity index (χ4v) is 4.41. The number of morpholine rings is 1. The van der Waals surface area contributed by atoms with Crippen LogP contribution in [0.2, 0.25) is 0 Å². The lowest BCUT2D eigenvalue weighted by Gasteiger charge is -2.31. The Morgan fingerprint density at radius 2 is 1.79 bits per heavy atom. The van der Waals surface area contributed by atoms with E-state index in [-0.39, 0.29) is 11.3 Å². The molecule has 1 amide bonds. The van der Waals surface area contributed by atoms with Gasteiger partial charge in [-0.05, 0) is 29.8 Å². The number of ketones is 1. The third-order valence-corrected chi connectivity index (χ3v) is 6.14. The van der Waals surface area contributed by atoms with Crippen molar-refractivity contribution in [1.82, 2.24) is 9.80 Å². The largest absolute Gasteiger partial charge is 0.503 e. The molecule has 170 valence electrons. The van der Waals surface area contributed by atoms with Crippen molar-refractivity contribution < 1.29 is 28.2 Å². The van der Waals surface area contributed by atoms with Crippen LogP contribution in [0.3, 0.4) is 0 Å². The smallest absolute Gasteiger partial charge is 0.290 e. The van der Waals surface area contributed by atoms with E-state index in [0.717, 1.165) is 18.5 Å². The van der Waals surface area contributed by atoms with Gasteiger partial charge in [-0.1, -0.05) is 30.3 Å². The van der Waals surface area contributed by atoms with E-state index in [0.29, 0.717) is 37.4 Å². The highest BCUT2D eigenvalue weighted by molar-refractivity contribution is 6.16.